The first kappa shape index (κ1) is 21.8. The molecule has 166 valence electrons. The lowest BCUT2D eigenvalue weighted by molar-refractivity contribution is -0.126. The van der Waals surface area contributed by atoms with Gasteiger partial charge in [0.1, 0.15) is 5.76 Å². The number of carbonyl (C=O) groups is 1. The fraction of sp³-hybridized carbons (Fsp3) is 0.429. The summed E-state index contributed by atoms with van der Waals surface area (Å²) in [6.45, 7) is 4.73. The lowest BCUT2D eigenvalue weighted by Gasteiger charge is -2.30. The first-order valence-corrected chi connectivity index (χ1v) is 12.5. The molecule has 0 spiro atoms. The Bertz CT molecular complexity index is 1230. The zero-order valence-corrected chi connectivity index (χ0v) is 19.0. The highest BCUT2D eigenvalue weighted by Gasteiger charge is 2.32. The largest absolute Gasteiger partial charge is 0.467 e. The summed E-state index contributed by atoms with van der Waals surface area (Å²) < 4.78 is 35.3. The van der Waals surface area contributed by atoms with Crippen LogP contribution in [0.25, 0.3) is 10.2 Å². The molecule has 10 heteroatoms. The van der Waals surface area contributed by atoms with E-state index in [0.717, 1.165) is 16.9 Å². The van der Waals surface area contributed by atoms with Gasteiger partial charge in [-0.1, -0.05) is 11.3 Å². The Balaban J connectivity index is 1.44. The third-order valence-corrected chi connectivity index (χ3v) is 8.39. The predicted octanol–water partition coefficient (Wildman–Crippen LogP) is 2.95. The number of sulfonamides is 1. The smallest absolute Gasteiger partial charge is 0.308 e. The van der Waals surface area contributed by atoms with Crippen LogP contribution in [0, 0.1) is 5.92 Å². The lowest BCUT2D eigenvalue weighted by atomic mass is 9.97. The summed E-state index contributed by atoms with van der Waals surface area (Å²) in [5, 5.41) is 2.85. The Morgan fingerprint density at radius 2 is 2.00 bits per heavy atom. The molecule has 3 heterocycles. The molecule has 8 nitrogen and oxygen atoms in total. The number of nitrogens with one attached hydrogen (secondary N) is 1. The van der Waals surface area contributed by atoms with Crippen molar-refractivity contribution in [3.05, 3.63) is 52.0 Å². The number of fused-ring (bicyclic) bond motifs is 1. The molecule has 1 amide bonds. The van der Waals surface area contributed by atoms with Crippen LogP contribution in [0.4, 0.5) is 0 Å². The van der Waals surface area contributed by atoms with Crippen LogP contribution in [-0.4, -0.2) is 36.3 Å². The number of thiazole rings is 1. The van der Waals surface area contributed by atoms with E-state index in [2.05, 4.69) is 5.32 Å². The third kappa shape index (κ3) is 4.32. The Hall–Kier alpha value is -2.43. The van der Waals surface area contributed by atoms with E-state index in [9.17, 15) is 18.0 Å². The monoisotopic (exact) mass is 463 g/mol. The fourth-order valence-electron chi connectivity index (χ4n) is 3.91. The fourth-order valence-corrected chi connectivity index (χ4v) is 6.53. The average molecular weight is 464 g/mol. The number of nitrogens with zero attached hydrogens (tertiary/aromatic N) is 2. The minimum absolute atomic E-state index is 0.00154. The highest BCUT2D eigenvalue weighted by molar-refractivity contribution is 7.89. The van der Waals surface area contributed by atoms with E-state index in [4.69, 9.17) is 4.42 Å². The minimum Gasteiger partial charge on any atom is -0.467 e. The second-order valence-corrected chi connectivity index (χ2v) is 10.9. The Kier molecular flexibility index (Phi) is 6.05. The summed E-state index contributed by atoms with van der Waals surface area (Å²) in [5.74, 6) is 0.362. The molecule has 0 radical (unpaired) electrons. The molecule has 3 aromatic rings. The SMILES string of the molecule is CC(C)n1c(=O)sc2cc(S(=O)(=O)N3CCC(C(=O)NCc4ccco4)CC3)ccc21. The first-order chi connectivity index (χ1) is 14.8. The van der Waals surface area contributed by atoms with Crippen molar-refractivity contribution in [2.24, 2.45) is 5.92 Å². The molecule has 1 aliphatic heterocycles. The van der Waals surface area contributed by atoms with Crippen LogP contribution in [0.3, 0.4) is 0 Å². The predicted molar refractivity (Wildman–Crippen MR) is 119 cm³/mol. The normalized spacial score (nSPS) is 16.2. The van der Waals surface area contributed by atoms with Crippen LogP contribution in [0.15, 0.2) is 50.7 Å². The molecule has 1 saturated heterocycles. The van der Waals surface area contributed by atoms with Gasteiger partial charge in [0.2, 0.25) is 15.9 Å². The quantitative estimate of drug-likeness (QED) is 0.606. The van der Waals surface area contributed by atoms with E-state index in [-0.39, 0.29) is 40.7 Å². The summed E-state index contributed by atoms with van der Waals surface area (Å²) in [5.41, 5.74) is 0.746. The highest BCUT2D eigenvalue weighted by atomic mass is 32.2. The molecule has 1 aliphatic rings. The highest BCUT2D eigenvalue weighted by Crippen LogP contribution is 2.28. The van der Waals surface area contributed by atoms with E-state index in [0.29, 0.717) is 29.8 Å². The van der Waals surface area contributed by atoms with E-state index in [1.54, 1.807) is 41.2 Å². The molecular formula is C21H25N3O5S2. The molecule has 4 rings (SSSR count). The topological polar surface area (TPSA) is 102 Å². The van der Waals surface area contributed by atoms with Crippen LogP contribution < -0.4 is 10.2 Å². The standard InChI is InChI=1S/C21H25N3O5S2/c1-14(2)24-18-6-5-17(12-19(18)30-21(24)26)31(27,28)23-9-7-15(8-10-23)20(25)22-13-16-4-3-11-29-16/h3-6,11-12,14-15H,7-10,13H2,1-2H3,(H,22,25). The maximum Gasteiger partial charge on any atom is 0.308 e. The molecule has 1 fully saturated rings. The maximum atomic E-state index is 13.1. The van der Waals surface area contributed by atoms with Gasteiger partial charge < -0.3 is 9.73 Å². The summed E-state index contributed by atoms with van der Waals surface area (Å²) in [4.78, 5) is 24.7. The molecule has 0 bridgehead atoms. The van der Waals surface area contributed by atoms with Crippen LogP contribution in [-0.2, 0) is 21.4 Å². The number of piperidine rings is 1. The molecule has 0 saturated carbocycles. The van der Waals surface area contributed by atoms with Gasteiger partial charge in [-0.05, 0) is 57.0 Å². The Morgan fingerprint density at radius 1 is 1.26 bits per heavy atom. The Labute approximate surface area is 184 Å². The first-order valence-electron chi connectivity index (χ1n) is 10.2. The number of benzene rings is 1. The van der Waals surface area contributed by atoms with Gasteiger partial charge in [0.25, 0.3) is 0 Å². The molecule has 1 aromatic carbocycles. The van der Waals surface area contributed by atoms with Gasteiger partial charge in [0.05, 0.1) is 27.9 Å². The number of rotatable bonds is 6. The number of hydrogen-bond donors (Lipinski definition) is 1. The lowest BCUT2D eigenvalue weighted by Crippen LogP contribution is -2.42. The van der Waals surface area contributed by atoms with Gasteiger partial charge in [0.15, 0.2) is 0 Å². The van der Waals surface area contributed by atoms with Gasteiger partial charge in [-0.2, -0.15) is 4.31 Å². The van der Waals surface area contributed by atoms with Crippen molar-refractivity contribution in [3.63, 3.8) is 0 Å². The second kappa shape index (κ2) is 8.60. The molecule has 0 aliphatic carbocycles. The van der Waals surface area contributed by atoms with Crippen molar-refractivity contribution in [1.29, 1.82) is 0 Å². The van der Waals surface area contributed by atoms with E-state index in [1.807, 2.05) is 13.8 Å². The average Bonchev–Trinajstić information content (AvgIpc) is 3.38. The van der Waals surface area contributed by atoms with E-state index in [1.165, 1.54) is 4.31 Å². The second-order valence-electron chi connectivity index (χ2n) is 7.94. The number of carbonyl (C=O) groups excluding carboxylic acids is 1. The van der Waals surface area contributed by atoms with Gasteiger partial charge in [-0.25, -0.2) is 8.42 Å². The zero-order chi connectivity index (χ0) is 22.2. The number of hydrogen-bond acceptors (Lipinski definition) is 6. The van der Waals surface area contributed by atoms with Gasteiger partial charge in [-0.15, -0.1) is 0 Å². The van der Waals surface area contributed by atoms with Crippen molar-refractivity contribution in [2.75, 3.05) is 13.1 Å². The summed E-state index contributed by atoms with van der Waals surface area (Å²) in [6.07, 6.45) is 2.48. The summed E-state index contributed by atoms with van der Waals surface area (Å²) in [6, 6.07) is 8.40. The van der Waals surface area contributed by atoms with Crippen molar-refractivity contribution < 1.29 is 17.6 Å². The molecule has 0 unspecified atom stereocenters. The van der Waals surface area contributed by atoms with E-state index >= 15 is 0 Å². The molecule has 31 heavy (non-hydrogen) atoms. The van der Waals surface area contributed by atoms with Crippen molar-refractivity contribution in [1.82, 2.24) is 14.2 Å². The maximum absolute atomic E-state index is 13.1. The Morgan fingerprint density at radius 3 is 2.65 bits per heavy atom. The van der Waals surface area contributed by atoms with Crippen LogP contribution >= 0.6 is 11.3 Å². The molecular weight excluding hydrogens is 438 g/mol. The van der Waals surface area contributed by atoms with E-state index < -0.39 is 10.0 Å². The van der Waals surface area contributed by atoms with Gasteiger partial charge in [0, 0.05) is 25.0 Å². The summed E-state index contributed by atoms with van der Waals surface area (Å²) >= 11 is 1.06. The van der Waals surface area contributed by atoms with Crippen LogP contribution in [0.5, 0.6) is 0 Å². The van der Waals surface area contributed by atoms with Gasteiger partial charge in [-0.3, -0.25) is 14.2 Å². The van der Waals surface area contributed by atoms with Crippen LogP contribution in [0.1, 0.15) is 38.5 Å². The van der Waals surface area contributed by atoms with Crippen LogP contribution in [0.2, 0.25) is 0 Å². The van der Waals surface area contributed by atoms with Crippen molar-refractivity contribution >= 4 is 37.5 Å². The molecule has 1 N–H and O–H groups in total. The zero-order valence-electron chi connectivity index (χ0n) is 17.4. The number of furan rings is 1. The van der Waals surface area contributed by atoms with Crippen molar-refractivity contribution in [3.8, 4) is 0 Å². The van der Waals surface area contributed by atoms with Gasteiger partial charge >= 0.3 is 4.87 Å². The number of aromatic nitrogens is 1. The molecule has 2 aromatic heterocycles. The third-order valence-electron chi connectivity index (χ3n) is 5.58. The summed E-state index contributed by atoms with van der Waals surface area (Å²) in [7, 11) is -3.69. The number of amides is 1. The van der Waals surface area contributed by atoms with Crippen molar-refractivity contribution in [2.45, 2.75) is 44.2 Å². The minimum atomic E-state index is -3.69. The molecule has 0 atom stereocenters.